The summed E-state index contributed by atoms with van der Waals surface area (Å²) in [4.78, 5) is 0. The van der Waals surface area contributed by atoms with Crippen LogP contribution < -0.4 is 5.32 Å². The molecule has 0 aliphatic heterocycles. The molecule has 2 rings (SSSR count). The number of aryl methyl sites for hydroxylation is 1. The van der Waals surface area contributed by atoms with Crippen molar-refractivity contribution in [2.24, 2.45) is 5.92 Å². The van der Waals surface area contributed by atoms with Crippen LogP contribution in [0.25, 0.3) is 0 Å². The summed E-state index contributed by atoms with van der Waals surface area (Å²) in [6.45, 7) is 4.01. The highest BCUT2D eigenvalue weighted by atomic mass is 19.1. The van der Waals surface area contributed by atoms with Crippen molar-refractivity contribution in [1.29, 1.82) is 0 Å². The SMILES string of the molecule is Cc1cc(F)c(C(C)NCC2CCCCC2O)cc1F. The Kier molecular flexibility index (Phi) is 5.11. The number of rotatable bonds is 4. The first-order chi connectivity index (χ1) is 9.49. The van der Waals surface area contributed by atoms with E-state index in [1.165, 1.54) is 12.1 Å². The predicted molar refractivity (Wildman–Crippen MR) is 75.5 cm³/mol. The van der Waals surface area contributed by atoms with Gasteiger partial charge in [-0.15, -0.1) is 0 Å². The second-order valence-corrected chi connectivity index (χ2v) is 5.86. The molecule has 4 heteroatoms. The van der Waals surface area contributed by atoms with E-state index >= 15 is 0 Å². The molecule has 1 aliphatic carbocycles. The molecule has 0 heterocycles. The Hall–Kier alpha value is -1.00. The van der Waals surface area contributed by atoms with Crippen LogP contribution >= 0.6 is 0 Å². The summed E-state index contributed by atoms with van der Waals surface area (Å²) in [5.74, 6) is -0.551. The molecule has 0 bridgehead atoms. The van der Waals surface area contributed by atoms with Gasteiger partial charge in [0.15, 0.2) is 0 Å². The first kappa shape index (κ1) is 15.4. The van der Waals surface area contributed by atoms with Crippen molar-refractivity contribution < 1.29 is 13.9 Å². The summed E-state index contributed by atoms with van der Waals surface area (Å²) in [6, 6.07) is 2.23. The van der Waals surface area contributed by atoms with E-state index in [-0.39, 0.29) is 29.7 Å². The monoisotopic (exact) mass is 283 g/mol. The van der Waals surface area contributed by atoms with Crippen LogP contribution in [0.5, 0.6) is 0 Å². The third-order valence-electron chi connectivity index (χ3n) is 4.30. The molecule has 1 aromatic carbocycles. The molecule has 1 fully saturated rings. The Morgan fingerprint density at radius 2 is 1.95 bits per heavy atom. The largest absolute Gasteiger partial charge is 0.393 e. The number of hydrogen-bond donors (Lipinski definition) is 2. The predicted octanol–water partition coefficient (Wildman–Crippen LogP) is 3.47. The van der Waals surface area contributed by atoms with Gasteiger partial charge >= 0.3 is 0 Å². The van der Waals surface area contributed by atoms with E-state index in [4.69, 9.17) is 0 Å². The molecular formula is C16H23F2NO. The van der Waals surface area contributed by atoms with Crippen molar-refractivity contribution in [2.45, 2.75) is 51.7 Å². The molecule has 1 aliphatic rings. The summed E-state index contributed by atoms with van der Waals surface area (Å²) in [5, 5.41) is 13.1. The molecule has 1 saturated carbocycles. The van der Waals surface area contributed by atoms with Gasteiger partial charge in [-0.05, 0) is 50.3 Å². The summed E-state index contributed by atoms with van der Waals surface area (Å²) >= 11 is 0. The van der Waals surface area contributed by atoms with Crippen molar-refractivity contribution in [3.63, 3.8) is 0 Å². The average molecular weight is 283 g/mol. The molecule has 3 atom stereocenters. The minimum Gasteiger partial charge on any atom is -0.393 e. The van der Waals surface area contributed by atoms with E-state index in [0.29, 0.717) is 17.7 Å². The van der Waals surface area contributed by atoms with Crippen molar-refractivity contribution in [3.05, 3.63) is 34.9 Å². The highest BCUT2D eigenvalue weighted by molar-refractivity contribution is 5.27. The second kappa shape index (κ2) is 6.64. The molecule has 0 radical (unpaired) electrons. The molecule has 112 valence electrons. The lowest BCUT2D eigenvalue weighted by Crippen LogP contribution is -2.35. The Bertz CT molecular complexity index is 464. The van der Waals surface area contributed by atoms with Gasteiger partial charge in [-0.2, -0.15) is 0 Å². The van der Waals surface area contributed by atoms with Gasteiger partial charge in [-0.25, -0.2) is 8.78 Å². The highest BCUT2D eigenvalue weighted by Crippen LogP contribution is 2.25. The van der Waals surface area contributed by atoms with Crippen molar-refractivity contribution in [2.75, 3.05) is 6.54 Å². The van der Waals surface area contributed by atoms with Gasteiger partial charge in [0.1, 0.15) is 11.6 Å². The lowest BCUT2D eigenvalue weighted by molar-refractivity contribution is 0.0683. The van der Waals surface area contributed by atoms with Gasteiger partial charge in [-0.3, -0.25) is 0 Å². The maximum atomic E-state index is 13.9. The molecular weight excluding hydrogens is 260 g/mol. The third-order valence-corrected chi connectivity index (χ3v) is 4.30. The highest BCUT2D eigenvalue weighted by Gasteiger charge is 2.23. The van der Waals surface area contributed by atoms with Crippen LogP contribution in [0.2, 0.25) is 0 Å². The normalized spacial score (nSPS) is 24.6. The fourth-order valence-electron chi connectivity index (χ4n) is 2.86. The van der Waals surface area contributed by atoms with Crippen LogP contribution in [0.3, 0.4) is 0 Å². The summed E-state index contributed by atoms with van der Waals surface area (Å²) < 4.78 is 27.4. The van der Waals surface area contributed by atoms with Crippen molar-refractivity contribution in [1.82, 2.24) is 5.32 Å². The Balaban J connectivity index is 1.97. The molecule has 3 unspecified atom stereocenters. The topological polar surface area (TPSA) is 32.3 Å². The van der Waals surface area contributed by atoms with Crippen LogP contribution in [-0.2, 0) is 0 Å². The number of aliphatic hydroxyl groups excluding tert-OH is 1. The molecule has 2 N–H and O–H groups in total. The Labute approximate surface area is 119 Å². The van der Waals surface area contributed by atoms with Gasteiger partial charge in [0.2, 0.25) is 0 Å². The van der Waals surface area contributed by atoms with Crippen LogP contribution in [0, 0.1) is 24.5 Å². The smallest absolute Gasteiger partial charge is 0.128 e. The number of aliphatic hydroxyl groups is 1. The summed E-state index contributed by atoms with van der Waals surface area (Å²) in [7, 11) is 0. The number of halogens is 2. The van der Waals surface area contributed by atoms with Gasteiger partial charge < -0.3 is 10.4 Å². The molecule has 0 aromatic heterocycles. The van der Waals surface area contributed by atoms with Gasteiger partial charge in [0.25, 0.3) is 0 Å². The fourth-order valence-corrected chi connectivity index (χ4v) is 2.86. The van der Waals surface area contributed by atoms with Crippen LogP contribution in [0.1, 0.15) is 49.8 Å². The molecule has 0 spiro atoms. The summed E-state index contributed by atoms with van der Waals surface area (Å²) in [6.07, 6.45) is 3.76. The van der Waals surface area contributed by atoms with Gasteiger partial charge in [0, 0.05) is 18.2 Å². The molecule has 0 amide bonds. The minimum atomic E-state index is -0.382. The zero-order chi connectivity index (χ0) is 14.7. The van der Waals surface area contributed by atoms with Crippen molar-refractivity contribution >= 4 is 0 Å². The van der Waals surface area contributed by atoms with E-state index in [9.17, 15) is 13.9 Å². The van der Waals surface area contributed by atoms with E-state index in [1.807, 2.05) is 6.92 Å². The number of hydrogen-bond acceptors (Lipinski definition) is 2. The first-order valence-corrected chi connectivity index (χ1v) is 7.36. The third kappa shape index (κ3) is 3.55. The molecule has 20 heavy (non-hydrogen) atoms. The van der Waals surface area contributed by atoms with E-state index < -0.39 is 0 Å². The van der Waals surface area contributed by atoms with Gasteiger partial charge in [-0.1, -0.05) is 12.8 Å². The van der Waals surface area contributed by atoms with E-state index in [2.05, 4.69) is 5.32 Å². The van der Waals surface area contributed by atoms with E-state index in [1.54, 1.807) is 6.92 Å². The lowest BCUT2D eigenvalue weighted by Gasteiger charge is -2.29. The first-order valence-electron chi connectivity index (χ1n) is 7.36. The quantitative estimate of drug-likeness (QED) is 0.886. The zero-order valence-corrected chi connectivity index (χ0v) is 12.1. The van der Waals surface area contributed by atoms with Crippen LogP contribution in [-0.4, -0.2) is 17.8 Å². The van der Waals surface area contributed by atoms with E-state index in [0.717, 1.165) is 25.7 Å². The molecule has 1 aromatic rings. The van der Waals surface area contributed by atoms with Gasteiger partial charge in [0.05, 0.1) is 6.10 Å². The Morgan fingerprint density at radius 3 is 2.65 bits per heavy atom. The molecule has 2 nitrogen and oxygen atoms in total. The van der Waals surface area contributed by atoms with Crippen LogP contribution in [0.4, 0.5) is 8.78 Å². The summed E-state index contributed by atoms with van der Waals surface area (Å²) in [5.41, 5.74) is 0.666. The lowest BCUT2D eigenvalue weighted by atomic mass is 9.86. The fraction of sp³-hybridized carbons (Fsp3) is 0.625. The number of benzene rings is 1. The number of nitrogens with one attached hydrogen (secondary N) is 1. The average Bonchev–Trinajstić information content (AvgIpc) is 2.41. The maximum absolute atomic E-state index is 13.9. The van der Waals surface area contributed by atoms with Crippen LogP contribution in [0.15, 0.2) is 12.1 Å². The zero-order valence-electron chi connectivity index (χ0n) is 12.1. The van der Waals surface area contributed by atoms with Crippen molar-refractivity contribution in [3.8, 4) is 0 Å². The second-order valence-electron chi connectivity index (χ2n) is 5.86. The molecule has 0 saturated heterocycles. The Morgan fingerprint density at radius 1 is 1.25 bits per heavy atom. The maximum Gasteiger partial charge on any atom is 0.128 e. The minimum absolute atomic E-state index is 0.213. The standard InChI is InChI=1S/C16H23F2NO/c1-10-7-15(18)13(8-14(10)17)11(2)19-9-12-5-3-4-6-16(12)20/h7-8,11-12,16,19-20H,3-6,9H2,1-2H3.